The summed E-state index contributed by atoms with van der Waals surface area (Å²) in [5.41, 5.74) is 5.45. The molecule has 1 atom stereocenters. The quantitative estimate of drug-likeness (QED) is 0.644. The molecule has 2 rings (SSSR count). The van der Waals surface area contributed by atoms with Gasteiger partial charge in [-0.15, -0.1) is 0 Å². The van der Waals surface area contributed by atoms with Crippen molar-refractivity contribution in [3.63, 3.8) is 0 Å². The fourth-order valence-electron chi connectivity index (χ4n) is 2.52. The molecule has 1 unspecified atom stereocenters. The number of rotatable bonds is 5. The number of hydrogen-bond acceptors (Lipinski definition) is 3. The van der Waals surface area contributed by atoms with Crippen LogP contribution in [0.3, 0.4) is 0 Å². The van der Waals surface area contributed by atoms with Crippen molar-refractivity contribution in [1.29, 1.82) is 0 Å². The van der Waals surface area contributed by atoms with Gasteiger partial charge in [0.15, 0.2) is 0 Å². The summed E-state index contributed by atoms with van der Waals surface area (Å²) in [6, 6.07) is 4.20. The summed E-state index contributed by atoms with van der Waals surface area (Å²) in [6.07, 6.45) is 2.84. The molecule has 0 saturated heterocycles. The van der Waals surface area contributed by atoms with E-state index in [4.69, 9.17) is 22.2 Å². The number of benzene rings is 1. The Morgan fingerprint density at radius 3 is 2.84 bits per heavy atom. The first-order valence-corrected chi connectivity index (χ1v) is 7.26. The van der Waals surface area contributed by atoms with Crippen molar-refractivity contribution in [2.24, 2.45) is 11.3 Å². The van der Waals surface area contributed by atoms with Crippen LogP contribution in [0.4, 0.5) is 0 Å². The zero-order valence-electron chi connectivity index (χ0n) is 11.9. The van der Waals surface area contributed by atoms with Gasteiger partial charge < -0.3 is 4.74 Å². The molecular weight excluding hydrogens is 260 g/mol. The second-order valence-electron chi connectivity index (χ2n) is 5.92. The lowest BCUT2D eigenvalue weighted by Crippen LogP contribution is -2.47. The minimum absolute atomic E-state index is 0.128. The number of nitrogens with one attached hydrogen (secondary N) is 1. The van der Waals surface area contributed by atoms with Crippen LogP contribution in [0, 0.1) is 5.41 Å². The van der Waals surface area contributed by atoms with Gasteiger partial charge >= 0.3 is 0 Å². The van der Waals surface area contributed by atoms with Crippen molar-refractivity contribution in [2.75, 3.05) is 6.61 Å². The highest BCUT2D eigenvalue weighted by Crippen LogP contribution is 2.36. The van der Waals surface area contributed by atoms with E-state index in [1.807, 2.05) is 12.1 Å². The van der Waals surface area contributed by atoms with E-state index in [0.717, 1.165) is 42.2 Å². The highest BCUT2D eigenvalue weighted by molar-refractivity contribution is 6.30. The topological polar surface area (TPSA) is 47.3 Å². The number of halogens is 1. The van der Waals surface area contributed by atoms with Gasteiger partial charge in [-0.05, 0) is 41.5 Å². The largest absolute Gasteiger partial charge is 0.493 e. The lowest BCUT2D eigenvalue weighted by Gasteiger charge is -2.33. The molecule has 0 aromatic heterocycles. The van der Waals surface area contributed by atoms with Gasteiger partial charge in [0.1, 0.15) is 5.75 Å². The van der Waals surface area contributed by atoms with Gasteiger partial charge in [-0.3, -0.25) is 11.3 Å². The van der Waals surface area contributed by atoms with Gasteiger partial charge in [-0.25, -0.2) is 0 Å². The third-order valence-electron chi connectivity index (χ3n) is 4.31. The van der Waals surface area contributed by atoms with E-state index in [9.17, 15) is 0 Å². The van der Waals surface area contributed by atoms with Crippen LogP contribution in [0.1, 0.15) is 38.3 Å². The molecule has 0 saturated carbocycles. The van der Waals surface area contributed by atoms with Gasteiger partial charge in [0.25, 0.3) is 0 Å². The predicted molar refractivity (Wildman–Crippen MR) is 79.5 cm³/mol. The molecule has 0 aliphatic carbocycles. The van der Waals surface area contributed by atoms with Crippen LogP contribution < -0.4 is 16.0 Å². The molecule has 0 fully saturated rings. The molecule has 1 aromatic carbocycles. The first-order chi connectivity index (χ1) is 8.97. The predicted octanol–water partition coefficient (Wildman–Crippen LogP) is 3.09. The zero-order chi connectivity index (χ0) is 14.0. The molecule has 0 bridgehead atoms. The van der Waals surface area contributed by atoms with E-state index in [-0.39, 0.29) is 11.5 Å². The molecule has 0 spiro atoms. The summed E-state index contributed by atoms with van der Waals surface area (Å²) in [5, 5.41) is 0.782. The van der Waals surface area contributed by atoms with E-state index in [0.29, 0.717) is 0 Å². The van der Waals surface area contributed by atoms with E-state index >= 15 is 0 Å². The fraction of sp³-hybridized carbons (Fsp3) is 0.600. The minimum atomic E-state index is 0.128. The third kappa shape index (κ3) is 3.04. The van der Waals surface area contributed by atoms with E-state index < -0.39 is 0 Å². The molecular formula is C15H23ClN2O. The number of nitrogens with two attached hydrogens (primary N) is 1. The molecule has 1 aromatic rings. The van der Waals surface area contributed by atoms with Crippen molar-refractivity contribution >= 4 is 11.6 Å². The van der Waals surface area contributed by atoms with E-state index in [2.05, 4.69) is 26.2 Å². The normalized spacial score (nSPS) is 16.1. The maximum atomic E-state index is 6.20. The summed E-state index contributed by atoms with van der Waals surface area (Å²) < 4.78 is 5.75. The number of ether oxygens (including phenoxy) is 1. The molecule has 19 heavy (non-hydrogen) atoms. The lowest BCUT2D eigenvalue weighted by molar-refractivity contribution is 0.230. The minimum Gasteiger partial charge on any atom is -0.493 e. The van der Waals surface area contributed by atoms with Crippen LogP contribution in [0.5, 0.6) is 5.75 Å². The fourth-order valence-corrected chi connectivity index (χ4v) is 2.79. The van der Waals surface area contributed by atoms with Crippen LogP contribution in [-0.4, -0.2) is 12.6 Å². The Balaban J connectivity index is 2.28. The molecule has 1 aliphatic heterocycles. The van der Waals surface area contributed by atoms with Crippen LogP contribution in [-0.2, 0) is 12.8 Å². The maximum Gasteiger partial charge on any atom is 0.125 e. The molecule has 3 nitrogen and oxygen atoms in total. The summed E-state index contributed by atoms with van der Waals surface area (Å²) in [7, 11) is 0. The van der Waals surface area contributed by atoms with Crippen molar-refractivity contribution in [3.05, 3.63) is 28.3 Å². The highest BCUT2D eigenvalue weighted by Gasteiger charge is 2.29. The maximum absolute atomic E-state index is 6.20. The Morgan fingerprint density at radius 2 is 2.21 bits per heavy atom. The van der Waals surface area contributed by atoms with E-state index in [1.165, 1.54) is 5.56 Å². The second kappa shape index (κ2) is 5.70. The van der Waals surface area contributed by atoms with Crippen LogP contribution in [0.15, 0.2) is 12.1 Å². The average molecular weight is 283 g/mol. The Bertz CT molecular complexity index is 460. The van der Waals surface area contributed by atoms with Crippen molar-refractivity contribution in [1.82, 2.24) is 5.43 Å². The molecule has 0 radical (unpaired) electrons. The molecule has 0 amide bonds. The summed E-state index contributed by atoms with van der Waals surface area (Å²) in [6.45, 7) is 7.39. The van der Waals surface area contributed by atoms with Crippen LogP contribution in [0.2, 0.25) is 5.02 Å². The van der Waals surface area contributed by atoms with Crippen LogP contribution in [0.25, 0.3) is 0 Å². The average Bonchev–Trinajstić information content (AvgIpc) is 2.83. The van der Waals surface area contributed by atoms with Gasteiger partial charge in [0.05, 0.1) is 6.61 Å². The second-order valence-corrected chi connectivity index (χ2v) is 6.35. The summed E-state index contributed by atoms with van der Waals surface area (Å²) in [5.74, 6) is 6.75. The Morgan fingerprint density at radius 1 is 1.47 bits per heavy atom. The smallest absolute Gasteiger partial charge is 0.125 e. The van der Waals surface area contributed by atoms with Gasteiger partial charge in [-0.2, -0.15) is 0 Å². The molecule has 1 heterocycles. The first-order valence-electron chi connectivity index (χ1n) is 6.88. The highest BCUT2D eigenvalue weighted by atomic mass is 35.5. The molecule has 3 N–H and O–H groups in total. The van der Waals surface area contributed by atoms with E-state index in [1.54, 1.807) is 0 Å². The number of hydrazine groups is 1. The van der Waals surface area contributed by atoms with Gasteiger partial charge in [0.2, 0.25) is 0 Å². The van der Waals surface area contributed by atoms with Crippen molar-refractivity contribution in [2.45, 2.75) is 46.1 Å². The third-order valence-corrected chi connectivity index (χ3v) is 4.52. The zero-order valence-corrected chi connectivity index (χ0v) is 12.7. The standard InChI is InChI=1S/C15H23ClN2O/c1-4-15(2,3)13(18-17)9-11-8-12(16)7-10-5-6-19-14(10)11/h7-8,13,18H,4-6,9,17H2,1-3H3. The number of hydrogen-bond donors (Lipinski definition) is 2. The first kappa shape index (κ1) is 14.6. The molecule has 106 valence electrons. The van der Waals surface area contributed by atoms with Gasteiger partial charge in [0, 0.05) is 17.5 Å². The summed E-state index contributed by atoms with van der Waals surface area (Å²) >= 11 is 6.20. The molecule has 1 aliphatic rings. The Hall–Kier alpha value is -0.770. The molecule has 4 heteroatoms. The van der Waals surface area contributed by atoms with Crippen LogP contribution >= 0.6 is 11.6 Å². The monoisotopic (exact) mass is 282 g/mol. The number of fused-ring (bicyclic) bond motifs is 1. The van der Waals surface area contributed by atoms with Crippen molar-refractivity contribution in [3.8, 4) is 5.75 Å². The van der Waals surface area contributed by atoms with Crippen molar-refractivity contribution < 1.29 is 4.74 Å². The van der Waals surface area contributed by atoms with Gasteiger partial charge in [-0.1, -0.05) is 32.4 Å². The Labute approximate surface area is 120 Å². The summed E-state index contributed by atoms with van der Waals surface area (Å²) in [4.78, 5) is 0. The lowest BCUT2D eigenvalue weighted by atomic mass is 9.79. The SMILES string of the molecule is CCC(C)(C)C(Cc1cc(Cl)cc2c1OCC2)NN. The Kier molecular flexibility index (Phi) is 4.39.